The largest absolute Gasteiger partial charge is 0.506 e. The molecule has 0 spiro atoms. The molecule has 8 nitrogen and oxygen atoms in total. The number of aromatic hydroxyl groups is 1. The highest BCUT2D eigenvalue weighted by molar-refractivity contribution is 6.10. The van der Waals surface area contributed by atoms with Gasteiger partial charge in [0, 0.05) is 0 Å². The van der Waals surface area contributed by atoms with E-state index in [9.17, 15) is 19.5 Å². The van der Waals surface area contributed by atoms with E-state index < -0.39 is 23.8 Å². The number of ether oxygens (including phenoxy) is 3. The minimum Gasteiger partial charge on any atom is -0.506 e. The first-order valence-corrected chi connectivity index (χ1v) is 7.48. The number of hydrogen-bond donors (Lipinski definition) is 2. The minimum absolute atomic E-state index is 0.0162. The Balaban J connectivity index is 2.28. The Morgan fingerprint density at radius 1 is 0.962 bits per heavy atom. The van der Waals surface area contributed by atoms with Crippen LogP contribution in [0.4, 0.5) is 10.5 Å². The van der Waals surface area contributed by atoms with E-state index in [-0.39, 0.29) is 23.4 Å². The quantitative estimate of drug-likeness (QED) is 0.480. The zero-order chi connectivity index (χ0) is 19.1. The SMILES string of the molecule is COC(=O)c1ccc(O)c(NC(=O)OCc2ccccc2)c1C(=O)OC. The second-order valence-corrected chi connectivity index (χ2v) is 5.05. The highest BCUT2D eigenvalue weighted by Crippen LogP contribution is 2.31. The first kappa shape index (κ1) is 18.8. The fourth-order valence-corrected chi connectivity index (χ4v) is 2.17. The molecule has 0 saturated carbocycles. The van der Waals surface area contributed by atoms with Crippen LogP contribution in [0.25, 0.3) is 0 Å². The van der Waals surface area contributed by atoms with Crippen LogP contribution in [0.15, 0.2) is 42.5 Å². The lowest BCUT2D eigenvalue weighted by atomic mass is 10.0. The van der Waals surface area contributed by atoms with Gasteiger partial charge in [-0.15, -0.1) is 0 Å². The maximum atomic E-state index is 12.1. The molecule has 0 aliphatic heterocycles. The number of phenolic OH excluding ortho intramolecular Hbond substituents is 1. The summed E-state index contributed by atoms with van der Waals surface area (Å²) in [7, 11) is 2.24. The molecule has 8 heteroatoms. The Bertz CT molecular complexity index is 818. The van der Waals surface area contributed by atoms with Crippen molar-refractivity contribution in [2.75, 3.05) is 19.5 Å². The van der Waals surface area contributed by atoms with Crippen LogP contribution < -0.4 is 5.32 Å². The summed E-state index contributed by atoms with van der Waals surface area (Å²) in [6.07, 6.45) is -0.920. The van der Waals surface area contributed by atoms with Gasteiger partial charge in [0.05, 0.1) is 19.8 Å². The van der Waals surface area contributed by atoms with Crippen molar-refractivity contribution in [2.45, 2.75) is 6.61 Å². The fraction of sp³-hybridized carbons (Fsp3) is 0.167. The van der Waals surface area contributed by atoms with Crippen molar-refractivity contribution >= 4 is 23.7 Å². The van der Waals surface area contributed by atoms with Crippen LogP contribution in [0.2, 0.25) is 0 Å². The third kappa shape index (κ3) is 4.29. The van der Waals surface area contributed by atoms with Gasteiger partial charge in [-0.1, -0.05) is 30.3 Å². The standard InChI is InChI=1S/C18H17NO7/c1-24-16(21)12-8-9-13(20)15(14(12)17(22)25-2)19-18(23)26-10-11-6-4-3-5-7-11/h3-9,20H,10H2,1-2H3,(H,19,23). The van der Waals surface area contributed by atoms with Gasteiger partial charge >= 0.3 is 18.0 Å². The summed E-state index contributed by atoms with van der Waals surface area (Å²) in [5.41, 5.74) is -0.0623. The lowest BCUT2D eigenvalue weighted by molar-refractivity contribution is 0.0555. The average molecular weight is 359 g/mol. The van der Waals surface area contributed by atoms with Crippen LogP contribution >= 0.6 is 0 Å². The van der Waals surface area contributed by atoms with Crippen molar-refractivity contribution in [3.05, 3.63) is 59.2 Å². The van der Waals surface area contributed by atoms with Gasteiger partial charge in [-0.2, -0.15) is 0 Å². The topological polar surface area (TPSA) is 111 Å². The molecular formula is C18H17NO7. The van der Waals surface area contributed by atoms with E-state index in [0.717, 1.165) is 25.8 Å². The van der Waals surface area contributed by atoms with Gasteiger partial charge in [0.25, 0.3) is 0 Å². The molecule has 0 aliphatic rings. The second-order valence-electron chi connectivity index (χ2n) is 5.05. The molecule has 0 fully saturated rings. The van der Waals surface area contributed by atoms with Crippen LogP contribution in [0.5, 0.6) is 5.75 Å². The maximum absolute atomic E-state index is 12.1. The van der Waals surface area contributed by atoms with E-state index in [0.29, 0.717) is 0 Å². The first-order valence-electron chi connectivity index (χ1n) is 7.48. The fourth-order valence-electron chi connectivity index (χ4n) is 2.17. The van der Waals surface area contributed by atoms with E-state index in [4.69, 9.17) is 4.74 Å². The summed E-state index contributed by atoms with van der Waals surface area (Å²) >= 11 is 0. The molecule has 0 radical (unpaired) electrons. The molecule has 2 rings (SSSR count). The molecule has 0 aliphatic carbocycles. The summed E-state index contributed by atoms with van der Waals surface area (Å²) < 4.78 is 14.3. The smallest absolute Gasteiger partial charge is 0.412 e. The zero-order valence-electron chi connectivity index (χ0n) is 14.1. The van der Waals surface area contributed by atoms with Crippen LogP contribution in [0.3, 0.4) is 0 Å². The highest BCUT2D eigenvalue weighted by atomic mass is 16.5. The Morgan fingerprint density at radius 3 is 2.23 bits per heavy atom. The van der Waals surface area contributed by atoms with Crippen LogP contribution in [-0.4, -0.2) is 37.4 Å². The molecule has 0 aromatic heterocycles. The van der Waals surface area contributed by atoms with Crippen LogP contribution in [0.1, 0.15) is 26.3 Å². The van der Waals surface area contributed by atoms with Crippen molar-refractivity contribution in [3.8, 4) is 5.75 Å². The van der Waals surface area contributed by atoms with Gasteiger partial charge in [0.2, 0.25) is 0 Å². The Labute approximate surface area is 149 Å². The number of hydrogen-bond acceptors (Lipinski definition) is 7. The van der Waals surface area contributed by atoms with E-state index in [1.165, 1.54) is 6.07 Å². The summed E-state index contributed by atoms with van der Waals surface area (Å²) in [5.74, 6) is -2.19. The van der Waals surface area contributed by atoms with E-state index in [1.54, 1.807) is 24.3 Å². The third-order valence-electron chi connectivity index (χ3n) is 3.42. The molecule has 0 heterocycles. The number of anilines is 1. The van der Waals surface area contributed by atoms with E-state index in [2.05, 4.69) is 14.8 Å². The minimum atomic E-state index is -0.931. The van der Waals surface area contributed by atoms with Crippen molar-refractivity contribution < 1.29 is 33.7 Å². The number of esters is 2. The molecule has 0 saturated heterocycles. The average Bonchev–Trinajstić information content (AvgIpc) is 2.67. The van der Waals surface area contributed by atoms with Gasteiger partial charge in [0.1, 0.15) is 23.6 Å². The molecule has 136 valence electrons. The number of carbonyl (C=O) groups is 3. The number of rotatable bonds is 5. The van der Waals surface area contributed by atoms with Crippen LogP contribution in [0, 0.1) is 0 Å². The van der Waals surface area contributed by atoms with E-state index in [1.807, 2.05) is 6.07 Å². The van der Waals surface area contributed by atoms with Gasteiger partial charge in [-0.05, 0) is 17.7 Å². The lowest BCUT2D eigenvalue weighted by Crippen LogP contribution is -2.19. The molecular weight excluding hydrogens is 342 g/mol. The summed E-state index contributed by atoms with van der Waals surface area (Å²) in [4.78, 5) is 36.0. The maximum Gasteiger partial charge on any atom is 0.412 e. The molecule has 2 aromatic carbocycles. The molecule has 0 atom stereocenters. The summed E-state index contributed by atoms with van der Waals surface area (Å²) in [6, 6.07) is 11.3. The lowest BCUT2D eigenvalue weighted by Gasteiger charge is -2.14. The Kier molecular flexibility index (Phi) is 6.15. The predicted molar refractivity (Wildman–Crippen MR) is 91.0 cm³/mol. The van der Waals surface area contributed by atoms with Crippen molar-refractivity contribution in [1.82, 2.24) is 0 Å². The van der Waals surface area contributed by atoms with Crippen LogP contribution in [-0.2, 0) is 20.8 Å². The Morgan fingerprint density at radius 2 is 1.62 bits per heavy atom. The second kappa shape index (κ2) is 8.52. The first-order chi connectivity index (χ1) is 12.5. The molecule has 0 unspecified atom stereocenters. The number of benzene rings is 2. The predicted octanol–water partition coefficient (Wildman–Crippen LogP) is 2.71. The van der Waals surface area contributed by atoms with Gasteiger partial charge < -0.3 is 19.3 Å². The number of phenols is 1. The van der Waals surface area contributed by atoms with E-state index >= 15 is 0 Å². The van der Waals surface area contributed by atoms with Crippen molar-refractivity contribution in [1.29, 1.82) is 0 Å². The molecule has 2 aromatic rings. The monoisotopic (exact) mass is 359 g/mol. The van der Waals surface area contributed by atoms with Gasteiger partial charge in [-0.25, -0.2) is 14.4 Å². The molecule has 2 N–H and O–H groups in total. The highest BCUT2D eigenvalue weighted by Gasteiger charge is 2.26. The summed E-state index contributed by atoms with van der Waals surface area (Å²) in [5, 5.41) is 12.3. The normalized spacial score (nSPS) is 9.92. The number of carbonyl (C=O) groups excluding carboxylic acids is 3. The van der Waals surface area contributed by atoms with Gasteiger partial charge in [-0.3, -0.25) is 5.32 Å². The molecule has 1 amide bonds. The van der Waals surface area contributed by atoms with Crippen molar-refractivity contribution in [3.63, 3.8) is 0 Å². The molecule has 26 heavy (non-hydrogen) atoms. The Hall–Kier alpha value is -3.55. The third-order valence-corrected chi connectivity index (χ3v) is 3.42. The van der Waals surface area contributed by atoms with Crippen molar-refractivity contribution in [2.24, 2.45) is 0 Å². The molecule has 0 bridgehead atoms. The zero-order valence-corrected chi connectivity index (χ0v) is 14.1. The summed E-state index contributed by atoms with van der Waals surface area (Å²) in [6.45, 7) is -0.0162. The number of amides is 1. The number of nitrogens with one attached hydrogen (secondary N) is 1. The number of methoxy groups -OCH3 is 2. The van der Waals surface area contributed by atoms with Gasteiger partial charge in [0.15, 0.2) is 0 Å².